The lowest BCUT2D eigenvalue weighted by Gasteiger charge is -2.17. The molecule has 0 N–H and O–H groups in total. The molecule has 3 rings (SSSR count). The lowest BCUT2D eigenvalue weighted by atomic mass is 10.00. The number of benzene rings is 3. The molecule has 0 spiro atoms. The van der Waals surface area contributed by atoms with Gasteiger partial charge in [-0.05, 0) is 75.4 Å². The van der Waals surface area contributed by atoms with Gasteiger partial charge in [0.25, 0.3) is 0 Å². The number of nitrogens with zero attached hydrogens (tertiary/aromatic N) is 1. The average Bonchev–Trinajstić information content (AvgIpc) is 2.73. The van der Waals surface area contributed by atoms with Gasteiger partial charge in [0.2, 0.25) is 0 Å². The van der Waals surface area contributed by atoms with Crippen molar-refractivity contribution in [3.63, 3.8) is 0 Å². The van der Waals surface area contributed by atoms with Gasteiger partial charge in [-0.3, -0.25) is 0 Å². The van der Waals surface area contributed by atoms with Crippen LogP contribution in [-0.2, 0) is 0 Å². The van der Waals surface area contributed by atoms with Gasteiger partial charge in [-0.25, -0.2) is 0 Å². The minimum absolute atomic E-state index is 0.0823. The predicted molar refractivity (Wildman–Crippen MR) is 119 cm³/mol. The van der Waals surface area contributed by atoms with E-state index in [4.69, 9.17) is 9.47 Å². The Morgan fingerprint density at radius 1 is 1.14 bits per heavy atom. The van der Waals surface area contributed by atoms with Crippen LogP contribution in [0.2, 0.25) is 0 Å². The molecule has 0 saturated carbocycles. The number of fused-ring (bicyclic) bond motifs is 1. The van der Waals surface area contributed by atoms with E-state index in [0.717, 1.165) is 32.8 Å². The van der Waals surface area contributed by atoms with Crippen molar-refractivity contribution >= 4 is 38.4 Å². The molecule has 3 aromatic rings. The van der Waals surface area contributed by atoms with Crippen LogP contribution < -0.4 is 9.47 Å². The van der Waals surface area contributed by atoms with E-state index < -0.39 is 0 Å². The van der Waals surface area contributed by atoms with E-state index in [9.17, 15) is 5.26 Å². The van der Waals surface area contributed by atoms with Crippen LogP contribution in [0.3, 0.4) is 0 Å². The molecule has 0 amide bonds. The molecule has 0 aliphatic heterocycles. The van der Waals surface area contributed by atoms with Crippen LogP contribution in [0.5, 0.6) is 11.5 Å². The Labute approximate surface area is 174 Å². The van der Waals surface area contributed by atoms with E-state index in [1.807, 2.05) is 55.5 Å². The number of nitriles is 1. The van der Waals surface area contributed by atoms with Crippen LogP contribution in [0, 0.1) is 11.3 Å². The molecule has 3 aromatic carbocycles. The first-order valence-electron chi connectivity index (χ1n) is 9.20. The van der Waals surface area contributed by atoms with Crippen molar-refractivity contribution in [3.05, 3.63) is 70.2 Å². The summed E-state index contributed by atoms with van der Waals surface area (Å²) in [4.78, 5) is 0. The van der Waals surface area contributed by atoms with Crippen molar-refractivity contribution in [2.75, 3.05) is 7.11 Å². The minimum Gasteiger partial charge on any atom is -0.493 e. The third kappa shape index (κ3) is 4.37. The number of ether oxygens (including phenoxy) is 2. The van der Waals surface area contributed by atoms with Crippen molar-refractivity contribution in [1.82, 2.24) is 0 Å². The Bertz CT molecular complexity index is 1070. The molecule has 0 bridgehead atoms. The Morgan fingerprint density at radius 2 is 1.89 bits per heavy atom. The first kappa shape index (κ1) is 20.0. The molecule has 0 radical (unpaired) electrons. The van der Waals surface area contributed by atoms with E-state index in [1.165, 1.54) is 0 Å². The van der Waals surface area contributed by atoms with Gasteiger partial charge in [0.15, 0.2) is 11.5 Å². The van der Waals surface area contributed by atoms with Gasteiger partial charge in [-0.1, -0.05) is 43.3 Å². The molecule has 1 unspecified atom stereocenters. The third-order valence-corrected chi connectivity index (χ3v) is 5.23. The zero-order chi connectivity index (χ0) is 20.1. The normalized spacial score (nSPS) is 12.5. The molecule has 0 aliphatic carbocycles. The fourth-order valence-corrected chi connectivity index (χ4v) is 3.48. The highest BCUT2D eigenvalue weighted by atomic mass is 79.9. The zero-order valence-corrected chi connectivity index (χ0v) is 17.8. The number of allylic oxidation sites excluding steroid dienone is 1. The summed E-state index contributed by atoms with van der Waals surface area (Å²) in [6.45, 7) is 4.10. The lowest BCUT2D eigenvalue weighted by Crippen LogP contribution is -2.11. The van der Waals surface area contributed by atoms with E-state index in [1.54, 1.807) is 7.11 Å². The number of hydrogen-bond donors (Lipinski definition) is 0. The average molecular weight is 436 g/mol. The van der Waals surface area contributed by atoms with Crippen LogP contribution in [-0.4, -0.2) is 13.2 Å². The molecule has 0 fully saturated rings. The lowest BCUT2D eigenvalue weighted by molar-refractivity contribution is 0.206. The van der Waals surface area contributed by atoms with Gasteiger partial charge >= 0.3 is 0 Å². The minimum atomic E-state index is 0.0823. The molecular weight excluding hydrogens is 414 g/mol. The molecule has 0 aromatic heterocycles. The predicted octanol–water partition coefficient (Wildman–Crippen LogP) is 6.85. The van der Waals surface area contributed by atoms with E-state index >= 15 is 0 Å². The highest BCUT2D eigenvalue weighted by Gasteiger charge is 2.14. The molecule has 142 valence electrons. The molecule has 1 atom stereocenters. The second kappa shape index (κ2) is 8.95. The van der Waals surface area contributed by atoms with Crippen LogP contribution in [0.1, 0.15) is 31.4 Å². The Morgan fingerprint density at radius 3 is 2.57 bits per heavy atom. The topological polar surface area (TPSA) is 42.2 Å². The second-order valence-electron chi connectivity index (χ2n) is 6.60. The summed E-state index contributed by atoms with van der Waals surface area (Å²) >= 11 is 3.58. The molecule has 0 saturated heterocycles. The van der Waals surface area contributed by atoms with Gasteiger partial charge < -0.3 is 9.47 Å². The largest absolute Gasteiger partial charge is 0.493 e. The molecular formula is C24H22BrNO2. The fourth-order valence-electron chi connectivity index (χ4n) is 2.93. The Balaban J connectivity index is 2.02. The quantitative estimate of drug-likeness (QED) is 0.313. The SMILES string of the molecule is CCC(C)Oc1c(Br)cc(C=C(C#N)c2ccc3ccccc3c2)cc1OC. The number of methoxy groups -OCH3 is 1. The van der Waals surface area contributed by atoms with Gasteiger partial charge in [0, 0.05) is 0 Å². The maximum Gasteiger partial charge on any atom is 0.175 e. The third-order valence-electron chi connectivity index (χ3n) is 4.64. The van der Waals surface area contributed by atoms with Crippen molar-refractivity contribution in [3.8, 4) is 17.6 Å². The Kier molecular flexibility index (Phi) is 6.38. The van der Waals surface area contributed by atoms with E-state index in [-0.39, 0.29) is 6.10 Å². The van der Waals surface area contributed by atoms with Crippen molar-refractivity contribution in [2.24, 2.45) is 0 Å². The van der Waals surface area contributed by atoms with Crippen molar-refractivity contribution < 1.29 is 9.47 Å². The maximum atomic E-state index is 9.73. The standard InChI is InChI=1S/C24H22BrNO2/c1-4-16(2)28-24-22(25)12-17(13-23(24)27-3)11-21(15-26)20-10-9-18-7-5-6-8-19(18)14-20/h5-14,16H,4H2,1-3H3. The number of halogens is 1. The zero-order valence-electron chi connectivity index (χ0n) is 16.2. The summed E-state index contributed by atoms with van der Waals surface area (Å²) in [7, 11) is 1.62. The van der Waals surface area contributed by atoms with Crippen molar-refractivity contribution in [2.45, 2.75) is 26.4 Å². The molecule has 3 nitrogen and oxygen atoms in total. The molecule has 0 aliphatic rings. The summed E-state index contributed by atoms with van der Waals surface area (Å²) < 4.78 is 12.3. The molecule has 4 heteroatoms. The van der Waals surface area contributed by atoms with E-state index in [2.05, 4.69) is 41.1 Å². The molecule has 0 heterocycles. The van der Waals surface area contributed by atoms with Crippen LogP contribution >= 0.6 is 15.9 Å². The maximum absolute atomic E-state index is 9.73. The highest BCUT2D eigenvalue weighted by Crippen LogP contribution is 2.38. The monoisotopic (exact) mass is 435 g/mol. The van der Waals surface area contributed by atoms with Gasteiger partial charge in [-0.15, -0.1) is 0 Å². The highest BCUT2D eigenvalue weighted by molar-refractivity contribution is 9.10. The van der Waals surface area contributed by atoms with Crippen LogP contribution in [0.15, 0.2) is 59.1 Å². The van der Waals surface area contributed by atoms with Crippen LogP contribution in [0.25, 0.3) is 22.4 Å². The first-order chi connectivity index (χ1) is 13.5. The van der Waals surface area contributed by atoms with Crippen molar-refractivity contribution in [1.29, 1.82) is 5.26 Å². The summed E-state index contributed by atoms with van der Waals surface area (Å²) in [5.41, 5.74) is 2.34. The second-order valence-corrected chi connectivity index (χ2v) is 7.46. The molecule has 28 heavy (non-hydrogen) atoms. The fraction of sp³-hybridized carbons (Fsp3) is 0.208. The summed E-state index contributed by atoms with van der Waals surface area (Å²) in [6, 6.07) is 20.3. The number of hydrogen-bond acceptors (Lipinski definition) is 3. The number of rotatable bonds is 6. The smallest absolute Gasteiger partial charge is 0.175 e. The van der Waals surface area contributed by atoms with Gasteiger partial charge in [-0.2, -0.15) is 5.26 Å². The van der Waals surface area contributed by atoms with Crippen LogP contribution in [0.4, 0.5) is 0 Å². The van der Waals surface area contributed by atoms with Gasteiger partial charge in [0.05, 0.1) is 29.3 Å². The summed E-state index contributed by atoms with van der Waals surface area (Å²) in [5, 5.41) is 12.0. The Hall–Kier alpha value is -2.77. The summed E-state index contributed by atoms with van der Waals surface area (Å²) in [6.07, 6.45) is 2.85. The summed E-state index contributed by atoms with van der Waals surface area (Å²) in [5.74, 6) is 1.31. The van der Waals surface area contributed by atoms with Gasteiger partial charge in [0.1, 0.15) is 0 Å². The first-order valence-corrected chi connectivity index (χ1v) is 10.00. The van der Waals surface area contributed by atoms with E-state index in [0.29, 0.717) is 17.1 Å².